The van der Waals surface area contributed by atoms with Crippen LogP contribution >= 0.6 is 0 Å². The van der Waals surface area contributed by atoms with E-state index < -0.39 is 11.3 Å². The van der Waals surface area contributed by atoms with Crippen molar-refractivity contribution in [2.45, 2.75) is 167 Å². The van der Waals surface area contributed by atoms with Gasteiger partial charge in [0.15, 0.2) is 5.78 Å². The summed E-state index contributed by atoms with van der Waals surface area (Å²) in [4.78, 5) is 41.0. The summed E-state index contributed by atoms with van der Waals surface area (Å²) in [5.74, 6) is 1.12. The monoisotopic (exact) mass is 769 g/mol. The van der Waals surface area contributed by atoms with Gasteiger partial charge in [0.1, 0.15) is 34.7 Å². The average molecular weight is 769 g/mol. The molecule has 0 bridgehead atoms. The zero-order chi connectivity index (χ0) is 40.3. The Morgan fingerprint density at radius 1 is 0.536 bits per heavy atom. The molecule has 3 aromatic rings. The standard InChI is InChI=1S/C50H72O6/c1-5-8-11-13-14-15-16-17-19-22-37-56-47-33-27-44(28-34-47)50(40-51,39-42-23-29-45(30-24-42)55-36-21-18-12-9-6-2)49(53)38-48(41(4)52)43-25-31-46(32-26-43)54-35-20-10-7-3/h23-34,40,48H,5-22,35-39H2,1-4H3. The van der Waals surface area contributed by atoms with E-state index in [0.717, 1.165) is 73.9 Å². The van der Waals surface area contributed by atoms with Gasteiger partial charge < -0.3 is 19.0 Å². The third kappa shape index (κ3) is 16.7. The minimum absolute atomic E-state index is 0.0962. The summed E-state index contributed by atoms with van der Waals surface area (Å²) in [5.41, 5.74) is 0.672. The first-order valence-electron chi connectivity index (χ1n) is 22.0. The van der Waals surface area contributed by atoms with E-state index in [4.69, 9.17) is 14.2 Å². The summed E-state index contributed by atoms with van der Waals surface area (Å²) in [6, 6.07) is 22.5. The van der Waals surface area contributed by atoms with E-state index in [9.17, 15) is 14.4 Å². The van der Waals surface area contributed by atoms with Crippen molar-refractivity contribution in [2.24, 2.45) is 0 Å². The number of rotatable bonds is 33. The van der Waals surface area contributed by atoms with E-state index in [-0.39, 0.29) is 24.4 Å². The van der Waals surface area contributed by atoms with Gasteiger partial charge in [0, 0.05) is 12.3 Å². The Bertz CT molecular complexity index is 1500. The second-order valence-electron chi connectivity index (χ2n) is 15.6. The molecule has 0 aliphatic heterocycles. The molecule has 0 aromatic heterocycles. The van der Waals surface area contributed by atoms with Gasteiger partial charge in [-0.3, -0.25) is 9.59 Å². The SMILES string of the molecule is CCCCCCCCCCCCOc1ccc(C(C=O)(Cc2ccc(OCCCCCCC)cc2)C(=O)CC(C(C)=O)c2ccc(OCCCCC)cc2)cc1. The fraction of sp³-hybridized carbons (Fsp3) is 0.580. The Morgan fingerprint density at radius 2 is 0.911 bits per heavy atom. The lowest BCUT2D eigenvalue weighted by molar-refractivity contribution is -0.132. The number of carbonyl (C=O) groups is 3. The highest BCUT2D eigenvalue weighted by molar-refractivity contribution is 6.06. The number of hydrogen-bond donors (Lipinski definition) is 0. The van der Waals surface area contributed by atoms with E-state index in [2.05, 4.69) is 20.8 Å². The number of aldehydes is 1. The van der Waals surface area contributed by atoms with Crippen molar-refractivity contribution in [3.8, 4) is 17.2 Å². The normalized spacial score (nSPS) is 12.8. The van der Waals surface area contributed by atoms with Crippen molar-refractivity contribution < 1.29 is 28.6 Å². The van der Waals surface area contributed by atoms with Crippen LogP contribution in [0.5, 0.6) is 17.2 Å². The third-order valence-corrected chi connectivity index (χ3v) is 10.9. The second-order valence-corrected chi connectivity index (χ2v) is 15.6. The summed E-state index contributed by atoms with van der Waals surface area (Å²) in [6.07, 6.45) is 22.5. The topological polar surface area (TPSA) is 78.9 Å². The molecule has 0 fully saturated rings. The molecule has 3 rings (SSSR count). The molecule has 0 spiro atoms. The zero-order valence-corrected chi connectivity index (χ0v) is 35.3. The highest BCUT2D eigenvalue weighted by Gasteiger charge is 2.41. The Kier molecular flexibility index (Phi) is 22.9. The van der Waals surface area contributed by atoms with Gasteiger partial charge in [-0.05, 0) is 85.7 Å². The summed E-state index contributed by atoms with van der Waals surface area (Å²) < 4.78 is 18.0. The molecule has 6 nitrogen and oxygen atoms in total. The van der Waals surface area contributed by atoms with Crippen LogP contribution in [0.15, 0.2) is 72.8 Å². The molecule has 6 heteroatoms. The van der Waals surface area contributed by atoms with Crippen LogP contribution in [0.2, 0.25) is 0 Å². The lowest BCUT2D eigenvalue weighted by atomic mass is 9.70. The molecule has 0 N–H and O–H groups in total. The quantitative estimate of drug-likeness (QED) is 0.0349. The largest absolute Gasteiger partial charge is 0.494 e. The van der Waals surface area contributed by atoms with Crippen LogP contribution in [0.3, 0.4) is 0 Å². The molecule has 0 aliphatic rings. The Balaban J connectivity index is 1.73. The maximum absolute atomic E-state index is 14.6. The molecule has 308 valence electrons. The van der Waals surface area contributed by atoms with Crippen LogP contribution in [0.25, 0.3) is 0 Å². The van der Waals surface area contributed by atoms with Crippen LogP contribution in [0, 0.1) is 0 Å². The average Bonchev–Trinajstić information content (AvgIpc) is 3.22. The molecule has 0 aliphatic carbocycles. The van der Waals surface area contributed by atoms with E-state index in [1.165, 1.54) is 77.6 Å². The van der Waals surface area contributed by atoms with Gasteiger partial charge >= 0.3 is 0 Å². The number of Topliss-reactive ketones (excluding diaryl/α,β-unsaturated/α-hetero) is 2. The fourth-order valence-electron chi connectivity index (χ4n) is 7.29. The molecule has 0 saturated carbocycles. The molecule has 0 heterocycles. The maximum Gasteiger partial charge on any atom is 0.151 e. The summed E-state index contributed by atoms with van der Waals surface area (Å²) in [6.45, 7) is 10.1. The van der Waals surface area contributed by atoms with Crippen molar-refractivity contribution >= 4 is 17.9 Å². The molecule has 2 atom stereocenters. The molecule has 0 radical (unpaired) electrons. The second kappa shape index (κ2) is 27.6. The summed E-state index contributed by atoms with van der Waals surface area (Å²) in [7, 11) is 0. The van der Waals surface area contributed by atoms with E-state index in [1.54, 1.807) is 0 Å². The van der Waals surface area contributed by atoms with Gasteiger partial charge in [0.2, 0.25) is 0 Å². The molecule has 56 heavy (non-hydrogen) atoms. The van der Waals surface area contributed by atoms with Crippen LogP contribution < -0.4 is 14.2 Å². The highest BCUT2D eigenvalue weighted by atomic mass is 16.5. The number of hydrogen-bond acceptors (Lipinski definition) is 6. The number of carbonyl (C=O) groups excluding carboxylic acids is 3. The van der Waals surface area contributed by atoms with Gasteiger partial charge in [0.25, 0.3) is 0 Å². The molecule has 3 aromatic carbocycles. The van der Waals surface area contributed by atoms with E-state index in [0.29, 0.717) is 31.1 Å². The lowest BCUT2D eigenvalue weighted by Crippen LogP contribution is -2.41. The van der Waals surface area contributed by atoms with Crippen molar-refractivity contribution in [1.29, 1.82) is 0 Å². The van der Waals surface area contributed by atoms with Crippen molar-refractivity contribution in [1.82, 2.24) is 0 Å². The molecule has 0 saturated heterocycles. The van der Waals surface area contributed by atoms with Crippen LogP contribution in [-0.4, -0.2) is 37.7 Å². The molecule has 0 amide bonds. The van der Waals surface area contributed by atoms with Crippen molar-refractivity contribution in [3.05, 3.63) is 89.5 Å². The van der Waals surface area contributed by atoms with E-state index >= 15 is 0 Å². The van der Waals surface area contributed by atoms with E-state index in [1.807, 2.05) is 72.8 Å². The van der Waals surface area contributed by atoms with Crippen molar-refractivity contribution in [2.75, 3.05) is 19.8 Å². The smallest absolute Gasteiger partial charge is 0.151 e. The molecular weight excluding hydrogens is 697 g/mol. The lowest BCUT2D eigenvalue weighted by Gasteiger charge is -2.29. The minimum Gasteiger partial charge on any atom is -0.494 e. The fourth-order valence-corrected chi connectivity index (χ4v) is 7.29. The van der Waals surface area contributed by atoms with Gasteiger partial charge in [-0.25, -0.2) is 0 Å². The Hall–Kier alpha value is -3.93. The zero-order valence-electron chi connectivity index (χ0n) is 35.3. The first-order valence-corrected chi connectivity index (χ1v) is 22.0. The first-order chi connectivity index (χ1) is 27.4. The Morgan fingerprint density at radius 3 is 1.34 bits per heavy atom. The Labute approximate surface area is 339 Å². The maximum atomic E-state index is 14.6. The first kappa shape index (κ1) is 46.5. The number of benzene rings is 3. The molecular formula is C50H72O6. The van der Waals surface area contributed by atoms with Gasteiger partial charge in [0.05, 0.1) is 19.8 Å². The number of unbranched alkanes of at least 4 members (excludes halogenated alkanes) is 15. The number of ether oxygens (including phenoxy) is 3. The van der Waals surface area contributed by atoms with Gasteiger partial charge in [-0.1, -0.05) is 153 Å². The van der Waals surface area contributed by atoms with Crippen LogP contribution in [0.1, 0.15) is 172 Å². The minimum atomic E-state index is -1.49. The number of ketones is 2. The summed E-state index contributed by atoms with van der Waals surface area (Å²) in [5, 5.41) is 0. The van der Waals surface area contributed by atoms with Gasteiger partial charge in [-0.2, -0.15) is 0 Å². The van der Waals surface area contributed by atoms with Crippen LogP contribution in [-0.2, 0) is 26.2 Å². The predicted molar refractivity (Wildman–Crippen MR) is 230 cm³/mol. The highest BCUT2D eigenvalue weighted by Crippen LogP contribution is 2.35. The van der Waals surface area contributed by atoms with Crippen molar-refractivity contribution in [3.63, 3.8) is 0 Å². The van der Waals surface area contributed by atoms with Crippen LogP contribution in [0.4, 0.5) is 0 Å². The predicted octanol–water partition coefficient (Wildman–Crippen LogP) is 12.9. The molecule has 2 unspecified atom stereocenters. The third-order valence-electron chi connectivity index (χ3n) is 10.9. The summed E-state index contributed by atoms with van der Waals surface area (Å²) >= 11 is 0. The van der Waals surface area contributed by atoms with Gasteiger partial charge in [-0.15, -0.1) is 0 Å².